The molecule has 0 unspecified atom stereocenters. The molecule has 7 heteroatoms. The minimum Gasteiger partial charge on any atom is -0.321 e. The van der Waals surface area contributed by atoms with E-state index in [1.807, 2.05) is 0 Å². The van der Waals surface area contributed by atoms with E-state index in [2.05, 4.69) is 10.0 Å². The molecule has 0 bridgehead atoms. The highest BCUT2D eigenvalue weighted by Crippen LogP contribution is 2.37. The minimum absolute atomic E-state index is 0.115. The second-order valence-corrected chi connectivity index (χ2v) is 7.95. The monoisotopic (exact) mass is 372 g/mol. The molecule has 2 N–H and O–H groups in total. The molecule has 0 fully saturated rings. The van der Waals surface area contributed by atoms with Crippen LogP contribution < -0.4 is 10.0 Å². The summed E-state index contributed by atoms with van der Waals surface area (Å²) in [7, 11) is -3.85. The zero-order valence-corrected chi connectivity index (χ0v) is 14.7. The highest BCUT2D eigenvalue weighted by atomic mass is 35.5. The summed E-state index contributed by atoms with van der Waals surface area (Å²) in [5, 5.41) is 4.31. The molecule has 0 spiro atoms. The zero-order chi connectivity index (χ0) is 17.8. The van der Waals surface area contributed by atoms with Gasteiger partial charge in [-0.3, -0.25) is 9.52 Å². The molecular weight excluding hydrogens is 360 g/mol. The number of carbonyl (C=O) groups is 1. The van der Waals surface area contributed by atoms with Crippen LogP contribution in [0.15, 0.2) is 53.4 Å². The first-order valence-electron chi connectivity index (χ1n) is 7.53. The SMILES string of the molecule is Cc1ccc(Cl)cc1NS(=O)(=O)c1ccc2c3c(cccc13)C(=O)N2. The van der Waals surface area contributed by atoms with Crippen molar-refractivity contribution in [2.75, 3.05) is 10.0 Å². The van der Waals surface area contributed by atoms with Crippen molar-refractivity contribution >= 4 is 49.7 Å². The van der Waals surface area contributed by atoms with E-state index in [-0.39, 0.29) is 10.8 Å². The molecule has 3 aromatic rings. The highest BCUT2D eigenvalue weighted by molar-refractivity contribution is 7.93. The number of nitrogens with one attached hydrogen (secondary N) is 2. The van der Waals surface area contributed by atoms with Gasteiger partial charge in [0.05, 0.1) is 10.6 Å². The summed E-state index contributed by atoms with van der Waals surface area (Å²) in [6, 6.07) is 13.2. The third kappa shape index (κ3) is 2.54. The minimum atomic E-state index is -3.85. The maximum atomic E-state index is 12.9. The van der Waals surface area contributed by atoms with Crippen molar-refractivity contribution in [1.29, 1.82) is 0 Å². The lowest BCUT2D eigenvalue weighted by Crippen LogP contribution is -2.14. The summed E-state index contributed by atoms with van der Waals surface area (Å²) in [4.78, 5) is 12.1. The third-order valence-electron chi connectivity index (χ3n) is 4.23. The fourth-order valence-corrected chi connectivity index (χ4v) is 4.50. The van der Waals surface area contributed by atoms with Gasteiger partial charge in [0.15, 0.2) is 0 Å². The van der Waals surface area contributed by atoms with Crippen molar-refractivity contribution in [2.45, 2.75) is 11.8 Å². The van der Waals surface area contributed by atoms with E-state index in [1.54, 1.807) is 49.4 Å². The van der Waals surface area contributed by atoms with Crippen molar-refractivity contribution in [2.24, 2.45) is 0 Å². The van der Waals surface area contributed by atoms with E-state index in [4.69, 9.17) is 11.6 Å². The number of amides is 1. The predicted molar refractivity (Wildman–Crippen MR) is 98.9 cm³/mol. The molecule has 0 saturated carbocycles. The summed E-state index contributed by atoms with van der Waals surface area (Å²) < 4.78 is 28.5. The molecule has 0 radical (unpaired) electrons. The van der Waals surface area contributed by atoms with E-state index in [1.165, 1.54) is 6.07 Å². The third-order valence-corrected chi connectivity index (χ3v) is 5.89. The molecule has 4 rings (SSSR count). The molecule has 25 heavy (non-hydrogen) atoms. The summed E-state index contributed by atoms with van der Waals surface area (Å²) in [5.74, 6) is -0.228. The normalized spacial score (nSPS) is 13.1. The Hall–Kier alpha value is -2.57. The Labute approximate surface area is 149 Å². The fourth-order valence-electron chi connectivity index (χ4n) is 3.00. The molecule has 0 aliphatic carbocycles. The van der Waals surface area contributed by atoms with Crippen LogP contribution in [-0.4, -0.2) is 14.3 Å². The molecule has 1 heterocycles. The molecule has 3 aromatic carbocycles. The van der Waals surface area contributed by atoms with Crippen LogP contribution in [-0.2, 0) is 10.0 Å². The molecule has 1 aliphatic heterocycles. The van der Waals surface area contributed by atoms with Crippen LogP contribution in [0.4, 0.5) is 11.4 Å². The van der Waals surface area contributed by atoms with Gasteiger partial charge in [0.1, 0.15) is 0 Å². The number of aryl methyl sites for hydroxylation is 1. The van der Waals surface area contributed by atoms with Gasteiger partial charge in [-0.2, -0.15) is 0 Å². The molecule has 0 saturated heterocycles. The largest absolute Gasteiger partial charge is 0.321 e. The average molecular weight is 373 g/mol. The van der Waals surface area contributed by atoms with E-state index in [9.17, 15) is 13.2 Å². The second-order valence-electron chi connectivity index (χ2n) is 5.86. The topological polar surface area (TPSA) is 75.3 Å². The Kier molecular flexibility index (Phi) is 3.49. The number of hydrogen-bond donors (Lipinski definition) is 2. The number of carbonyl (C=O) groups excluding carboxylic acids is 1. The lowest BCUT2D eigenvalue weighted by Gasteiger charge is -2.13. The van der Waals surface area contributed by atoms with Crippen LogP contribution in [0.5, 0.6) is 0 Å². The first-order valence-corrected chi connectivity index (χ1v) is 9.39. The molecule has 1 aliphatic rings. The number of sulfonamides is 1. The van der Waals surface area contributed by atoms with E-state index >= 15 is 0 Å². The average Bonchev–Trinajstić information content (AvgIpc) is 2.89. The Morgan fingerprint density at radius 3 is 2.68 bits per heavy atom. The molecule has 0 aromatic heterocycles. The first-order chi connectivity index (χ1) is 11.9. The predicted octanol–water partition coefficient (Wildman–Crippen LogP) is 4.17. The standard InChI is InChI=1S/C18H13ClN2O3S/c1-10-5-6-11(19)9-15(10)21-25(23,24)16-8-7-14-17-12(16)3-2-4-13(17)18(22)20-14/h2-9,21H,1H3,(H,20,22). The number of anilines is 2. The zero-order valence-electron chi connectivity index (χ0n) is 13.1. The Morgan fingerprint density at radius 2 is 1.88 bits per heavy atom. The summed E-state index contributed by atoms with van der Waals surface area (Å²) in [6.07, 6.45) is 0. The smallest absolute Gasteiger partial charge is 0.262 e. The molecule has 126 valence electrons. The summed E-state index contributed by atoms with van der Waals surface area (Å²) in [5.41, 5.74) is 2.28. The molecule has 5 nitrogen and oxygen atoms in total. The van der Waals surface area contributed by atoms with E-state index < -0.39 is 10.0 Å². The van der Waals surface area contributed by atoms with Crippen molar-refractivity contribution in [3.63, 3.8) is 0 Å². The van der Waals surface area contributed by atoms with Gasteiger partial charge in [-0.1, -0.05) is 29.8 Å². The van der Waals surface area contributed by atoms with E-state index in [0.717, 1.165) is 5.56 Å². The molecular formula is C18H13ClN2O3S. The van der Waals surface area contributed by atoms with Crippen molar-refractivity contribution in [3.05, 3.63) is 64.7 Å². The lowest BCUT2D eigenvalue weighted by atomic mass is 10.1. The number of halogens is 1. The van der Waals surface area contributed by atoms with Gasteiger partial charge < -0.3 is 5.32 Å². The van der Waals surface area contributed by atoms with Crippen molar-refractivity contribution < 1.29 is 13.2 Å². The van der Waals surface area contributed by atoms with Crippen LogP contribution in [0.25, 0.3) is 10.8 Å². The molecule has 0 atom stereocenters. The van der Waals surface area contributed by atoms with Gasteiger partial charge in [0.25, 0.3) is 15.9 Å². The van der Waals surface area contributed by atoms with Gasteiger partial charge in [0, 0.05) is 27.0 Å². The van der Waals surface area contributed by atoms with Gasteiger partial charge in [-0.25, -0.2) is 8.42 Å². The van der Waals surface area contributed by atoms with Crippen molar-refractivity contribution in [3.8, 4) is 0 Å². The fraction of sp³-hybridized carbons (Fsp3) is 0.0556. The highest BCUT2D eigenvalue weighted by Gasteiger charge is 2.26. The van der Waals surface area contributed by atoms with Gasteiger partial charge >= 0.3 is 0 Å². The summed E-state index contributed by atoms with van der Waals surface area (Å²) in [6.45, 7) is 1.80. The Morgan fingerprint density at radius 1 is 1.08 bits per heavy atom. The Balaban J connectivity index is 1.89. The first kappa shape index (κ1) is 15.9. The van der Waals surface area contributed by atoms with Crippen LogP contribution in [0, 0.1) is 6.92 Å². The Bertz CT molecular complexity index is 1160. The van der Waals surface area contributed by atoms with Crippen LogP contribution in [0.1, 0.15) is 15.9 Å². The number of hydrogen-bond acceptors (Lipinski definition) is 3. The number of rotatable bonds is 3. The molecule has 1 amide bonds. The lowest BCUT2D eigenvalue weighted by molar-refractivity contribution is 0.103. The van der Waals surface area contributed by atoms with Crippen molar-refractivity contribution in [1.82, 2.24) is 0 Å². The number of benzene rings is 3. The maximum Gasteiger partial charge on any atom is 0.262 e. The van der Waals surface area contributed by atoms with Crippen LogP contribution in [0.2, 0.25) is 5.02 Å². The second kappa shape index (κ2) is 5.47. The van der Waals surface area contributed by atoms with Gasteiger partial charge in [-0.05, 0) is 42.8 Å². The quantitative estimate of drug-likeness (QED) is 0.724. The van der Waals surface area contributed by atoms with Gasteiger partial charge in [-0.15, -0.1) is 0 Å². The van der Waals surface area contributed by atoms with Crippen LogP contribution >= 0.6 is 11.6 Å². The maximum absolute atomic E-state index is 12.9. The summed E-state index contributed by atoms with van der Waals surface area (Å²) >= 11 is 5.97. The van der Waals surface area contributed by atoms with Crippen LogP contribution in [0.3, 0.4) is 0 Å². The van der Waals surface area contributed by atoms with E-state index in [0.29, 0.717) is 32.7 Å². The van der Waals surface area contributed by atoms with Gasteiger partial charge in [0.2, 0.25) is 0 Å².